The molecule has 0 radical (unpaired) electrons. The molecule has 0 bridgehead atoms. The molecule has 0 saturated heterocycles. The lowest BCUT2D eigenvalue weighted by Crippen LogP contribution is -2.12. The molecule has 0 fully saturated rings. The van der Waals surface area contributed by atoms with Gasteiger partial charge in [0.05, 0.1) is 30.0 Å². The Bertz CT molecular complexity index is 1410. The quantitative estimate of drug-likeness (QED) is 0.298. The number of nitrogens with zero attached hydrogens (tertiary/aromatic N) is 6. The number of aliphatic imine (C=N–C) groups is 1. The molecule has 8 nitrogen and oxygen atoms in total. The van der Waals surface area contributed by atoms with E-state index in [1.54, 1.807) is 14.1 Å². The van der Waals surface area contributed by atoms with E-state index in [4.69, 9.17) is 4.99 Å². The molecule has 0 N–H and O–H groups in total. The maximum absolute atomic E-state index is 13.6. The maximum Gasteiger partial charge on any atom is 0.287 e. The van der Waals surface area contributed by atoms with Crippen LogP contribution in [0.4, 0.5) is 10.1 Å². The lowest BCUT2D eigenvalue weighted by atomic mass is 10.0. The molecule has 0 unspecified atom stereocenters. The summed E-state index contributed by atoms with van der Waals surface area (Å²) in [6, 6.07) is 20.4. The predicted molar refractivity (Wildman–Crippen MR) is 129 cm³/mol. The standard InChI is InChI=1S/C24H21FN6O2S/c1-30(2)17-28-34(32,33)22-13-21(15-26-24(22)31-16-20(25)14-27-31)29-23(18-9-5-3-6-10-18)19-11-7-4-8-12-19/h3-17H,1-2H3. The van der Waals surface area contributed by atoms with Gasteiger partial charge in [-0.15, -0.1) is 4.40 Å². The molecule has 34 heavy (non-hydrogen) atoms. The minimum Gasteiger partial charge on any atom is -0.368 e. The van der Waals surface area contributed by atoms with Crippen LogP contribution < -0.4 is 0 Å². The summed E-state index contributed by atoms with van der Waals surface area (Å²) in [5.41, 5.74) is 2.63. The van der Waals surface area contributed by atoms with Gasteiger partial charge >= 0.3 is 0 Å². The summed E-state index contributed by atoms with van der Waals surface area (Å²) < 4.78 is 44.5. The van der Waals surface area contributed by atoms with Crippen molar-refractivity contribution in [2.75, 3.05) is 14.1 Å². The second-order valence-corrected chi connectivity index (χ2v) is 9.07. The molecular weight excluding hydrogens is 455 g/mol. The zero-order valence-electron chi connectivity index (χ0n) is 18.4. The van der Waals surface area contributed by atoms with Gasteiger partial charge in [-0.05, 0) is 6.07 Å². The summed E-state index contributed by atoms with van der Waals surface area (Å²) in [6.45, 7) is 0. The Morgan fingerprint density at radius 2 is 1.62 bits per heavy atom. The summed E-state index contributed by atoms with van der Waals surface area (Å²) >= 11 is 0. The van der Waals surface area contributed by atoms with Gasteiger partial charge in [-0.3, -0.25) is 0 Å². The Labute approximate surface area is 196 Å². The Hall–Kier alpha value is -4.18. The molecule has 0 saturated carbocycles. The number of benzene rings is 2. The van der Waals surface area contributed by atoms with Crippen LogP contribution in [0.2, 0.25) is 0 Å². The highest BCUT2D eigenvalue weighted by molar-refractivity contribution is 7.90. The lowest BCUT2D eigenvalue weighted by Gasteiger charge is -2.11. The van der Waals surface area contributed by atoms with Gasteiger partial charge in [0.2, 0.25) is 0 Å². The minimum absolute atomic E-state index is 0.0836. The van der Waals surface area contributed by atoms with Gasteiger partial charge < -0.3 is 4.90 Å². The van der Waals surface area contributed by atoms with Crippen LogP contribution in [0.3, 0.4) is 0 Å². The van der Waals surface area contributed by atoms with Gasteiger partial charge in [0.25, 0.3) is 10.0 Å². The molecule has 0 aliphatic rings. The molecular formula is C24H21FN6O2S. The highest BCUT2D eigenvalue weighted by Crippen LogP contribution is 2.26. The third kappa shape index (κ3) is 5.24. The number of halogens is 1. The molecule has 2 heterocycles. The molecule has 2 aromatic carbocycles. The molecule has 0 amide bonds. The third-order valence-corrected chi connectivity index (χ3v) is 5.84. The fourth-order valence-corrected chi connectivity index (χ4v) is 4.17. The molecule has 172 valence electrons. The first-order valence-corrected chi connectivity index (χ1v) is 11.6. The van der Waals surface area contributed by atoms with Gasteiger partial charge in [-0.25, -0.2) is 19.0 Å². The van der Waals surface area contributed by atoms with Crippen molar-refractivity contribution in [3.05, 3.63) is 102 Å². The highest BCUT2D eigenvalue weighted by atomic mass is 32.2. The molecule has 0 aliphatic carbocycles. The van der Waals surface area contributed by atoms with Crippen molar-refractivity contribution in [2.24, 2.45) is 9.39 Å². The van der Waals surface area contributed by atoms with E-state index in [1.165, 1.54) is 17.2 Å². The number of sulfonamides is 1. The van der Waals surface area contributed by atoms with Crippen molar-refractivity contribution in [3.63, 3.8) is 0 Å². The molecule has 0 spiro atoms. The average Bonchev–Trinajstić information content (AvgIpc) is 3.28. The zero-order chi connectivity index (χ0) is 24.1. The van der Waals surface area contributed by atoms with E-state index in [-0.39, 0.29) is 16.4 Å². The fraction of sp³-hybridized carbons (Fsp3) is 0.0833. The van der Waals surface area contributed by atoms with Crippen LogP contribution in [0.5, 0.6) is 0 Å². The predicted octanol–water partition coefficient (Wildman–Crippen LogP) is 3.85. The van der Waals surface area contributed by atoms with Gasteiger partial charge in [0.15, 0.2) is 11.6 Å². The van der Waals surface area contributed by atoms with Gasteiger partial charge in [0, 0.05) is 25.2 Å². The van der Waals surface area contributed by atoms with E-state index in [2.05, 4.69) is 14.5 Å². The minimum atomic E-state index is -4.20. The van der Waals surface area contributed by atoms with Crippen molar-refractivity contribution in [1.29, 1.82) is 0 Å². The van der Waals surface area contributed by atoms with Crippen LogP contribution in [0, 0.1) is 5.82 Å². The first-order chi connectivity index (χ1) is 16.3. The molecule has 0 atom stereocenters. The number of aromatic nitrogens is 3. The summed E-state index contributed by atoms with van der Waals surface area (Å²) in [5, 5.41) is 3.86. The summed E-state index contributed by atoms with van der Waals surface area (Å²) in [7, 11) is -0.907. The van der Waals surface area contributed by atoms with Crippen LogP contribution in [0.15, 0.2) is 99.6 Å². The molecule has 0 aliphatic heterocycles. The van der Waals surface area contributed by atoms with Gasteiger partial charge in [-0.1, -0.05) is 60.7 Å². The zero-order valence-corrected chi connectivity index (χ0v) is 19.3. The van der Waals surface area contributed by atoms with Crippen molar-refractivity contribution < 1.29 is 12.8 Å². The van der Waals surface area contributed by atoms with Crippen LogP contribution in [-0.2, 0) is 10.0 Å². The second-order valence-electron chi connectivity index (χ2n) is 7.47. The first-order valence-electron chi connectivity index (χ1n) is 10.2. The smallest absolute Gasteiger partial charge is 0.287 e. The number of hydrogen-bond donors (Lipinski definition) is 0. The lowest BCUT2D eigenvalue weighted by molar-refractivity contribution is 0.592. The Morgan fingerprint density at radius 3 is 2.15 bits per heavy atom. The molecule has 10 heteroatoms. The monoisotopic (exact) mass is 476 g/mol. The normalized spacial score (nSPS) is 11.5. The van der Waals surface area contributed by atoms with Crippen LogP contribution >= 0.6 is 0 Å². The van der Waals surface area contributed by atoms with E-state index in [1.807, 2.05) is 60.7 Å². The maximum atomic E-state index is 13.6. The van der Waals surface area contributed by atoms with E-state index in [0.717, 1.165) is 34.5 Å². The van der Waals surface area contributed by atoms with Gasteiger partial charge in [-0.2, -0.15) is 13.5 Å². The SMILES string of the molecule is CN(C)C=NS(=O)(=O)c1cc(N=C(c2ccccc2)c2ccccc2)cnc1-n1cc(F)cn1. The second kappa shape index (κ2) is 9.75. The largest absolute Gasteiger partial charge is 0.368 e. The first kappa shape index (κ1) is 23.0. The molecule has 2 aromatic heterocycles. The summed E-state index contributed by atoms with van der Waals surface area (Å²) in [5.74, 6) is -0.709. The van der Waals surface area contributed by atoms with Crippen molar-refractivity contribution in [3.8, 4) is 5.82 Å². The van der Waals surface area contributed by atoms with Crippen LogP contribution in [0.1, 0.15) is 11.1 Å². The van der Waals surface area contributed by atoms with Crippen molar-refractivity contribution >= 4 is 27.8 Å². The van der Waals surface area contributed by atoms with Gasteiger partial charge in [0.1, 0.15) is 11.2 Å². The van der Waals surface area contributed by atoms with Crippen molar-refractivity contribution in [2.45, 2.75) is 4.90 Å². The number of pyridine rings is 1. The topological polar surface area (TPSA) is 92.8 Å². The highest BCUT2D eigenvalue weighted by Gasteiger charge is 2.22. The molecule has 4 aromatic rings. The Balaban J connectivity index is 1.91. The van der Waals surface area contributed by atoms with Crippen LogP contribution in [-0.4, -0.2) is 54.2 Å². The number of rotatable bonds is 7. The third-order valence-electron chi connectivity index (χ3n) is 4.62. The molecule has 4 rings (SSSR count). The Kier molecular flexibility index (Phi) is 6.60. The number of hydrogen-bond acceptors (Lipinski definition) is 5. The van der Waals surface area contributed by atoms with E-state index >= 15 is 0 Å². The van der Waals surface area contributed by atoms with E-state index < -0.39 is 15.8 Å². The van der Waals surface area contributed by atoms with Crippen molar-refractivity contribution in [1.82, 2.24) is 19.7 Å². The van der Waals surface area contributed by atoms with Crippen LogP contribution in [0.25, 0.3) is 5.82 Å². The average molecular weight is 477 g/mol. The van der Waals surface area contributed by atoms with E-state index in [9.17, 15) is 12.8 Å². The Morgan fingerprint density at radius 1 is 1.00 bits per heavy atom. The fourth-order valence-electron chi connectivity index (χ4n) is 3.10. The van der Waals surface area contributed by atoms with E-state index in [0.29, 0.717) is 5.71 Å². The summed E-state index contributed by atoms with van der Waals surface area (Å²) in [4.78, 5) is 10.2. The summed E-state index contributed by atoms with van der Waals surface area (Å²) in [6.07, 6.45) is 4.59.